The summed E-state index contributed by atoms with van der Waals surface area (Å²) in [5.74, 6) is 6.45. The van der Waals surface area contributed by atoms with Gasteiger partial charge >= 0.3 is 0 Å². The third kappa shape index (κ3) is 2.82. The molecule has 0 fully saturated rings. The van der Waals surface area contributed by atoms with Crippen LogP contribution in [-0.4, -0.2) is 9.99 Å². The Morgan fingerprint density at radius 3 is 2.83 bits per heavy atom. The van der Waals surface area contributed by atoms with Crippen LogP contribution in [0.25, 0.3) is 10.9 Å². The van der Waals surface area contributed by atoms with Crippen molar-refractivity contribution in [2.24, 2.45) is 5.84 Å². The second-order valence-corrected chi connectivity index (χ2v) is 7.19. The number of fused-ring (bicyclic) bond motifs is 3. The van der Waals surface area contributed by atoms with Crippen LogP contribution in [0.5, 0.6) is 0 Å². The number of hydrogen-bond donors (Lipinski definition) is 2. The Balaban J connectivity index is 1.68. The van der Waals surface area contributed by atoms with Crippen LogP contribution in [0, 0.1) is 0 Å². The van der Waals surface area contributed by atoms with Gasteiger partial charge in [-0.3, -0.25) is 5.84 Å². The van der Waals surface area contributed by atoms with E-state index in [-0.39, 0.29) is 6.04 Å². The number of halogens is 1. The number of rotatable bonds is 3. The summed E-state index contributed by atoms with van der Waals surface area (Å²) in [6.45, 7) is 0.768. The number of hydrazine groups is 1. The molecule has 0 saturated carbocycles. The van der Waals surface area contributed by atoms with Crippen molar-refractivity contribution < 1.29 is 0 Å². The highest BCUT2D eigenvalue weighted by Crippen LogP contribution is 2.38. The van der Waals surface area contributed by atoms with E-state index < -0.39 is 0 Å². The molecule has 3 N–H and O–H groups in total. The number of nitrogens with two attached hydrogens (primary N) is 1. The number of aromatic nitrogens is 1. The van der Waals surface area contributed by atoms with Gasteiger partial charge in [-0.05, 0) is 48.6 Å². The second-order valence-electron chi connectivity index (χ2n) is 6.27. The Labute approximate surface area is 144 Å². The quantitative estimate of drug-likeness (QED) is 0.519. The molecule has 2 aromatic carbocycles. The molecule has 4 heteroatoms. The molecule has 0 bridgehead atoms. The molecule has 0 saturated heterocycles. The van der Waals surface area contributed by atoms with E-state index in [1.165, 1.54) is 34.1 Å². The van der Waals surface area contributed by atoms with Gasteiger partial charge in [-0.2, -0.15) is 0 Å². The topological polar surface area (TPSA) is 45.0 Å². The highest BCUT2D eigenvalue weighted by atomic mass is 79.9. The summed E-state index contributed by atoms with van der Waals surface area (Å²) in [6.07, 6.45) is 3.41. The predicted molar refractivity (Wildman–Crippen MR) is 97.9 cm³/mol. The standard InChI is InChI=1S/C19H20BrN3/c20-14-9-10-17-16(11-14)15-7-4-8-18(19(15)22-17)23(21)12-13-5-2-1-3-6-13/h1-3,5-6,9-11,18,22H,4,7-8,12,21H2. The Morgan fingerprint density at radius 1 is 1.17 bits per heavy atom. The molecule has 118 valence electrons. The number of aromatic amines is 1. The molecular weight excluding hydrogens is 350 g/mol. The largest absolute Gasteiger partial charge is 0.357 e. The van der Waals surface area contributed by atoms with Gasteiger partial charge in [0.25, 0.3) is 0 Å². The molecule has 0 amide bonds. The second kappa shape index (κ2) is 6.11. The third-order valence-corrected chi connectivity index (χ3v) is 5.24. The lowest BCUT2D eigenvalue weighted by Gasteiger charge is -2.31. The summed E-state index contributed by atoms with van der Waals surface area (Å²) >= 11 is 3.58. The maximum atomic E-state index is 6.45. The molecule has 1 aliphatic carbocycles. The minimum absolute atomic E-state index is 0.255. The molecule has 1 unspecified atom stereocenters. The minimum Gasteiger partial charge on any atom is -0.357 e. The van der Waals surface area contributed by atoms with Crippen LogP contribution in [0.2, 0.25) is 0 Å². The van der Waals surface area contributed by atoms with Crippen molar-refractivity contribution in [3.8, 4) is 0 Å². The smallest absolute Gasteiger partial charge is 0.0647 e. The van der Waals surface area contributed by atoms with Crippen LogP contribution in [-0.2, 0) is 13.0 Å². The molecular formula is C19H20BrN3. The Hall–Kier alpha value is -1.62. The zero-order chi connectivity index (χ0) is 15.8. The van der Waals surface area contributed by atoms with Gasteiger partial charge in [-0.25, -0.2) is 5.01 Å². The fourth-order valence-electron chi connectivity index (χ4n) is 3.65. The van der Waals surface area contributed by atoms with E-state index in [0.29, 0.717) is 0 Å². The first kappa shape index (κ1) is 14.9. The summed E-state index contributed by atoms with van der Waals surface area (Å²) in [7, 11) is 0. The molecule has 1 aliphatic rings. The van der Waals surface area contributed by atoms with Crippen molar-refractivity contribution in [3.05, 3.63) is 69.8 Å². The van der Waals surface area contributed by atoms with E-state index in [0.717, 1.165) is 23.9 Å². The van der Waals surface area contributed by atoms with Crippen molar-refractivity contribution in [2.45, 2.75) is 31.8 Å². The maximum Gasteiger partial charge on any atom is 0.0647 e. The van der Waals surface area contributed by atoms with Gasteiger partial charge in [0, 0.05) is 27.6 Å². The number of benzene rings is 2. The zero-order valence-electron chi connectivity index (χ0n) is 12.9. The van der Waals surface area contributed by atoms with Gasteiger partial charge in [-0.1, -0.05) is 46.3 Å². The first-order valence-electron chi connectivity index (χ1n) is 8.07. The first-order chi connectivity index (χ1) is 11.2. The molecule has 1 heterocycles. The number of hydrogen-bond acceptors (Lipinski definition) is 2. The lowest BCUT2D eigenvalue weighted by molar-refractivity contribution is 0.170. The molecule has 0 aliphatic heterocycles. The average Bonchev–Trinajstić information content (AvgIpc) is 2.93. The number of H-pyrrole nitrogens is 1. The maximum absolute atomic E-state index is 6.45. The van der Waals surface area contributed by atoms with E-state index in [1.807, 2.05) is 11.1 Å². The van der Waals surface area contributed by atoms with Crippen molar-refractivity contribution >= 4 is 26.8 Å². The van der Waals surface area contributed by atoms with E-state index in [2.05, 4.69) is 63.4 Å². The Bertz CT molecular complexity index is 825. The first-order valence-corrected chi connectivity index (χ1v) is 8.87. The SMILES string of the molecule is NN(Cc1ccccc1)C1CCCc2c1[nH]c1ccc(Br)cc21. The summed E-state index contributed by atoms with van der Waals surface area (Å²) in [4.78, 5) is 3.62. The van der Waals surface area contributed by atoms with E-state index in [4.69, 9.17) is 5.84 Å². The van der Waals surface area contributed by atoms with Crippen LogP contribution in [0.15, 0.2) is 53.0 Å². The van der Waals surface area contributed by atoms with Crippen molar-refractivity contribution in [2.75, 3.05) is 0 Å². The normalized spacial score (nSPS) is 17.6. The molecule has 3 nitrogen and oxygen atoms in total. The highest BCUT2D eigenvalue weighted by molar-refractivity contribution is 9.10. The molecule has 1 aromatic heterocycles. The van der Waals surface area contributed by atoms with E-state index in [9.17, 15) is 0 Å². The predicted octanol–water partition coefficient (Wildman–Crippen LogP) is 4.68. The van der Waals surface area contributed by atoms with Crippen LogP contribution in [0.3, 0.4) is 0 Å². The van der Waals surface area contributed by atoms with Gasteiger partial charge in [0.15, 0.2) is 0 Å². The molecule has 4 rings (SSSR count). The van der Waals surface area contributed by atoms with Gasteiger partial charge in [0.05, 0.1) is 6.04 Å². The third-order valence-electron chi connectivity index (χ3n) is 4.75. The lowest BCUT2D eigenvalue weighted by atomic mass is 9.91. The van der Waals surface area contributed by atoms with E-state index in [1.54, 1.807) is 0 Å². The molecule has 0 spiro atoms. The summed E-state index contributed by atoms with van der Waals surface area (Å²) in [6, 6.07) is 17.1. The number of nitrogens with zero attached hydrogens (tertiary/aromatic N) is 1. The fraction of sp³-hybridized carbons (Fsp3) is 0.263. The summed E-state index contributed by atoms with van der Waals surface area (Å²) < 4.78 is 1.13. The number of aryl methyl sites for hydroxylation is 1. The van der Waals surface area contributed by atoms with Crippen molar-refractivity contribution in [3.63, 3.8) is 0 Å². The molecule has 1 atom stereocenters. The highest BCUT2D eigenvalue weighted by Gasteiger charge is 2.27. The van der Waals surface area contributed by atoms with Gasteiger partial charge in [0.2, 0.25) is 0 Å². The fourth-order valence-corrected chi connectivity index (χ4v) is 4.01. The number of nitrogens with one attached hydrogen (secondary N) is 1. The van der Waals surface area contributed by atoms with Crippen molar-refractivity contribution in [1.82, 2.24) is 9.99 Å². The lowest BCUT2D eigenvalue weighted by Crippen LogP contribution is -2.36. The van der Waals surface area contributed by atoms with Crippen LogP contribution in [0.1, 0.15) is 35.7 Å². The van der Waals surface area contributed by atoms with Crippen LogP contribution in [0.4, 0.5) is 0 Å². The molecule has 3 aromatic rings. The summed E-state index contributed by atoms with van der Waals surface area (Å²) in [5.41, 5.74) is 5.18. The Morgan fingerprint density at radius 2 is 2.00 bits per heavy atom. The monoisotopic (exact) mass is 369 g/mol. The van der Waals surface area contributed by atoms with Gasteiger partial charge < -0.3 is 4.98 Å². The Kier molecular flexibility index (Phi) is 3.97. The van der Waals surface area contributed by atoms with E-state index >= 15 is 0 Å². The summed E-state index contributed by atoms with van der Waals surface area (Å²) in [5, 5.41) is 3.31. The van der Waals surface area contributed by atoms with Crippen molar-refractivity contribution in [1.29, 1.82) is 0 Å². The molecule has 0 radical (unpaired) electrons. The van der Waals surface area contributed by atoms with Gasteiger partial charge in [-0.15, -0.1) is 0 Å². The zero-order valence-corrected chi connectivity index (χ0v) is 14.5. The minimum atomic E-state index is 0.255. The molecule has 23 heavy (non-hydrogen) atoms. The van der Waals surface area contributed by atoms with Crippen LogP contribution >= 0.6 is 15.9 Å². The van der Waals surface area contributed by atoms with Gasteiger partial charge in [0.1, 0.15) is 0 Å². The van der Waals surface area contributed by atoms with Crippen LogP contribution < -0.4 is 5.84 Å². The average molecular weight is 370 g/mol.